The molecule has 1 N–H and O–H groups in total. The monoisotopic (exact) mass is 223 g/mol. The maximum atomic E-state index is 11.3. The number of carbonyl (C=O) groups excluding carboxylic acids is 1. The highest BCUT2D eigenvalue weighted by Gasteiger charge is 2.07. The highest BCUT2D eigenvalue weighted by molar-refractivity contribution is 5.73. The zero-order valence-corrected chi connectivity index (χ0v) is 9.87. The zero-order chi connectivity index (χ0) is 12.0. The van der Waals surface area contributed by atoms with E-state index < -0.39 is 0 Å². The molecule has 0 unspecified atom stereocenters. The van der Waals surface area contributed by atoms with Crippen molar-refractivity contribution in [1.29, 1.82) is 0 Å². The molecule has 0 saturated heterocycles. The Kier molecular flexibility index (Phi) is 4.64. The molecule has 1 aromatic rings. The van der Waals surface area contributed by atoms with Crippen molar-refractivity contribution < 1.29 is 14.3 Å². The fourth-order valence-electron chi connectivity index (χ4n) is 1.44. The highest BCUT2D eigenvalue weighted by Crippen LogP contribution is 2.25. The van der Waals surface area contributed by atoms with E-state index in [9.17, 15) is 4.79 Å². The zero-order valence-electron chi connectivity index (χ0n) is 9.87. The Hall–Kier alpha value is -1.71. The molecule has 0 fully saturated rings. The lowest BCUT2D eigenvalue weighted by Gasteiger charge is -2.09. The number of methoxy groups -OCH3 is 1. The number of anilines is 1. The lowest BCUT2D eigenvalue weighted by atomic mass is 10.1. The first-order chi connectivity index (χ1) is 7.71. The third-order valence-corrected chi connectivity index (χ3v) is 2.19. The molecule has 0 aliphatic carbocycles. The van der Waals surface area contributed by atoms with Gasteiger partial charge in [-0.3, -0.25) is 4.79 Å². The van der Waals surface area contributed by atoms with E-state index in [0.717, 1.165) is 17.0 Å². The predicted molar refractivity (Wildman–Crippen MR) is 62.9 cm³/mol. The minimum atomic E-state index is -0.213. The van der Waals surface area contributed by atoms with Crippen LogP contribution in [0.15, 0.2) is 18.2 Å². The molecular formula is C12H17NO3. The van der Waals surface area contributed by atoms with Crippen molar-refractivity contribution >= 4 is 11.7 Å². The number of benzene rings is 1. The molecule has 88 valence electrons. The van der Waals surface area contributed by atoms with Gasteiger partial charge in [-0.1, -0.05) is 6.07 Å². The molecule has 0 spiro atoms. The summed E-state index contributed by atoms with van der Waals surface area (Å²) in [5, 5.41) is 3.02. The molecule has 0 saturated carbocycles. The second-order valence-electron chi connectivity index (χ2n) is 3.27. The largest absolute Gasteiger partial charge is 0.495 e. The summed E-state index contributed by atoms with van der Waals surface area (Å²) in [6, 6.07) is 5.58. The first-order valence-corrected chi connectivity index (χ1v) is 5.21. The van der Waals surface area contributed by atoms with Gasteiger partial charge in [0.1, 0.15) is 5.75 Å². The lowest BCUT2D eigenvalue weighted by molar-refractivity contribution is -0.142. The standard InChI is InChI=1S/C12H17NO3/c1-4-16-12(14)8-9-5-6-11(15-3)10(7-9)13-2/h5-7,13H,4,8H2,1-3H3. The van der Waals surface area contributed by atoms with Gasteiger partial charge in [0.15, 0.2) is 0 Å². The number of rotatable bonds is 5. The Balaban J connectivity index is 2.78. The molecule has 16 heavy (non-hydrogen) atoms. The molecular weight excluding hydrogens is 206 g/mol. The number of ether oxygens (including phenoxy) is 2. The fourth-order valence-corrected chi connectivity index (χ4v) is 1.44. The molecule has 0 amide bonds. The number of carbonyl (C=O) groups is 1. The van der Waals surface area contributed by atoms with Gasteiger partial charge in [0.05, 0.1) is 25.8 Å². The maximum absolute atomic E-state index is 11.3. The summed E-state index contributed by atoms with van der Waals surface area (Å²) < 4.78 is 10.1. The molecule has 0 aromatic heterocycles. The molecule has 1 aromatic carbocycles. The summed E-state index contributed by atoms with van der Waals surface area (Å²) >= 11 is 0. The van der Waals surface area contributed by atoms with Crippen LogP contribution in [-0.4, -0.2) is 26.7 Å². The van der Waals surface area contributed by atoms with E-state index in [1.165, 1.54) is 0 Å². The van der Waals surface area contributed by atoms with E-state index in [0.29, 0.717) is 6.61 Å². The molecule has 0 radical (unpaired) electrons. The summed E-state index contributed by atoms with van der Waals surface area (Å²) in [7, 11) is 3.42. The Labute approximate surface area is 95.6 Å². The van der Waals surface area contributed by atoms with E-state index in [-0.39, 0.29) is 12.4 Å². The van der Waals surface area contributed by atoms with Crippen molar-refractivity contribution in [3.8, 4) is 5.75 Å². The molecule has 0 aliphatic heterocycles. The third-order valence-electron chi connectivity index (χ3n) is 2.19. The summed E-state index contributed by atoms with van der Waals surface area (Å²) in [5.74, 6) is 0.546. The smallest absolute Gasteiger partial charge is 0.310 e. The molecule has 1 rings (SSSR count). The van der Waals surface area contributed by atoms with Crippen LogP contribution in [0.4, 0.5) is 5.69 Å². The minimum absolute atomic E-state index is 0.213. The van der Waals surface area contributed by atoms with Gasteiger partial charge in [0.25, 0.3) is 0 Å². The normalized spacial score (nSPS) is 9.69. The summed E-state index contributed by atoms with van der Waals surface area (Å²) in [6.07, 6.45) is 0.284. The molecule has 0 aliphatic rings. The quantitative estimate of drug-likeness (QED) is 0.774. The van der Waals surface area contributed by atoms with E-state index in [4.69, 9.17) is 9.47 Å². The molecule has 0 atom stereocenters. The van der Waals surface area contributed by atoms with Crippen LogP contribution in [0.25, 0.3) is 0 Å². The SMILES string of the molecule is CCOC(=O)Cc1ccc(OC)c(NC)c1. The van der Waals surface area contributed by atoms with Crippen molar-refractivity contribution in [3.05, 3.63) is 23.8 Å². The van der Waals surface area contributed by atoms with Gasteiger partial charge in [-0.2, -0.15) is 0 Å². The van der Waals surface area contributed by atoms with Crippen molar-refractivity contribution in [3.63, 3.8) is 0 Å². The summed E-state index contributed by atoms with van der Waals surface area (Å²) in [5.41, 5.74) is 1.77. The van der Waals surface area contributed by atoms with Crippen LogP contribution in [0.5, 0.6) is 5.75 Å². The number of hydrogen-bond acceptors (Lipinski definition) is 4. The maximum Gasteiger partial charge on any atom is 0.310 e. The van der Waals surface area contributed by atoms with E-state index in [2.05, 4.69) is 5.32 Å². The minimum Gasteiger partial charge on any atom is -0.495 e. The van der Waals surface area contributed by atoms with Gasteiger partial charge in [-0.05, 0) is 24.6 Å². The summed E-state index contributed by atoms with van der Waals surface area (Å²) in [6.45, 7) is 2.21. The van der Waals surface area contributed by atoms with Crippen LogP contribution < -0.4 is 10.1 Å². The Bertz CT molecular complexity index is 363. The fraction of sp³-hybridized carbons (Fsp3) is 0.417. The average Bonchev–Trinajstić information content (AvgIpc) is 2.29. The van der Waals surface area contributed by atoms with Crippen LogP contribution in [0.2, 0.25) is 0 Å². The van der Waals surface area contributed by atoms with Gasteiger partial charge in [-0.15, -0.1) is 0 Å². The summed E-state index contributed by atoms with van der Waals surface area (Å²) in [4.78, 5) is 11.3. The molecule has 4 heteroatoms. The van der Waals surface area contributed by atoms with Crippen LogP contribution in [0, 0.1) is 0 Å². The van der Waals surface area contributed by atoms with E-state index in [1.807, 2.05) is 25.2 Å². The first kappa shape index (κ1) is 12.4. The van der Waals surface area contributed by atoms with Gasteiger partial charge in [0.2, 0.25) is 0 Å². The lowest BCUT2D eigenvalue weighted by Crippen LogP contribution is -2.07. The second kappa shape index (κ2) is 6.00. The van der Waals surface area contributed by atoms with Gasteiger partial charge < -0.3 is 14.8 Å². The van der Waals surface area contributed by atoms with Crippen LogP contribution in [-0.2, 0) is 16.0 Å². The molecule has 4 nitrogen and oxygen atoms in total. The average molecular weight is 223 g/mol. The van der Waals surface area contributed by atoms with E-state index >= 15 is 0 Å². The second-order valence-corrected chi connectivity index (χ2v) is 3.27. The number of hydrogen-bond donors (Lipinski definition) is 1. The number of esters is 1. The van der Waals surface area contributed by atoms with Crippen LogP contribution in [0.1, 0.15) is 12.5 Å². The van der Waals surface area contributed by atoms with Crippen molar-refractivity contribution in [2.45, 2.75) is 13.3 Å². The Morgan fingerprint density at radius 1 is 1.44 bits per heavy atom. The van der Waals surface area contributed by atoms with Crippen LogP contribution in [0.3, 0.4) is 0 Å². The van der Waals surface area contributed by atoms with Gasteiger partial charge >= 0.3 is 5.97 Å². The van der Waals surface area contributed by atoms with E-state index in [1.54, 1.807) is 14.0 Å². The predicted octanol–water partition coefficient (Wildman–Crippen LogP) is 1.84. The third kappa shape index (κ3) is 3.15. The molecule has 0 heterocycles. The van der Waals surface area contributed by atoms with Crippen molar-refractivity contribution in [2.75, 3.05) is 26.1 Å². The van der Waals surface area contributed by atoms with Gasteiger partial charge in [0, 0.05) is 7.05 Å². The Morgan fingerprint density at radius 3 is 2.75 bits per heavy atom. The van der Waals surface area contributed by atoms with Crippen molar-refractivity contribution in [2.24, 2.45) is 0 Å². The number of nitrogens with one attached hydrogen (secondary N) is 1. The van der Waals surface area contributed by atoms with Gasteiger partial charge in [-0.25, -0.2) is 0 Å². The first-order valence-electron chi connectivity index (χ1n) is 5.21. The Morgan fingerprint density at radius 2 is 2.19 bits per heavy atom. The topological polar surface area (TPSA) is 47.6 Å². The van der Waals surface area contributed by atoms with Crippen molar-refractivity contribution in [1.82, 2.24) is 0 Å². The molecule has 0 bridgehead atoms. The highest BCUT2D eigenvalue weighted by atomic mass is 16.5. The van der Waals surface area contributed by atoms with Crippen LogP contribution >= 0.6 is 0 Å².